The van der Waals surface area contributed by atoms with E-state index in [-0.39, 0.29) is 11.5 Å². The molecule has 0 atom stereocenters. The van der Waals surface area contributed by atoms with Gasteiger partial charge in [0.15, 0.2) is 0 Å². The summed E-state index contributed by atoms with van der Waals surface area (Å²) in [4.78, 5) is 16.4. The van der Waals surface area contributed by atoms with Crippen molar-refractivity contribution in [2.75, 3.05) is 10.6 Å². The number of carbonyl (C=O) groups is 1. The highest BCUT2D eigenvalue weighted by molar-refractivity contribution is 6.03. The number of pyridine rings is 1. The summed E-state index contributed by atoms with van der Waals surface area (Å²) < 4.78 is 13.7. The van der Waals surface area contributed by atoms with Crippen molar-refractivity contribution in [2.45, 2.75) is 6.54 Å². The van der Waals surface area contributed by atoms with E-state index in [1.54, 1.807) is 54.6 Å². The van der Waals surface area contributed by atoms with Gasteiger partial charge in [0.05, 0.1) is 11.6 Å². The molecule has 3 rings (SSSR count). The Hall–Kier alpha value is -3.72. The molecule has 0 spiro atoms. The van der Waals surface area contributed by atoms with Crippen LogP contribution in [-0.2, 0) is 6.54 Å². The number of anilines is 2. The molecule has 0 aliphatic heterocycles. The van der Waals surface area contributed by atoms with Crippen molar-refractivity contribution in [2.24, 2.45) is 0 Å². The van der Waals surface area contributed by atoms with E-state index in [1.165, 1.54) is 12.3 Å². The fraction of sp³-hybridized carbons (Fsp3) is 0.0500. The molecule has 2 N–H and O–H groups in total. The summed E-state index contributed by atoms with van der Waals surface area (Å²) in [5.74, 6) is -0.681. The fourth-order valence-electron chi connectivity index (χ4n) is 2.37. The number of carbonyl (C=O) groups excluding carboxylic acids is 1. The molecule has 128 valence electrons. The predicted molar refractivity (Wildman–Crippen MR) is 97.1 cm³/mol. The molecule has 1 amide bonds. The maximum Gasteiger partial charge on any atom is 0.274 e. The number of hydrogen-bond donors (Lipinski definition) is 2. The van der Waals surface area contributed by atoms with E-state index in [0.29, 0.717) is 29.0 Å². The highest BCUT2D eigenvalue weighted by Gasteiger charge is 2.09. The zero-order valence-electron chi connectivity index (χ0n) is 13.7. The smallest absolute Gasteiger partial charge is 0.274 e. The first kappa shape index (κ1) is 17.1. The molecule has 1 aromatic heterocycles. The molecule has 6 heteroatoms. The van der Waals surface area contributed by atoms with E-state index in [9.17, 15) is 9.18 Å². The van der Waals surface area contributed by atoms with E-state index in [2.05, 4.69) is 15.6 Å². The van der Waals surface area contributed by atoms with Gasteiger partial charge in [0, 0.05) is 29.7 Å². The molecular formula is C20H15FN4O. The van der Waals surface area contributed by atoms with Gasteiger partial charge >= 0.3 is 0 Å². The van der Waals surface area contributed by atoms with E-state index < -0.39 is 5.91 Å². The summed E-state index contributed by atoms with van der Waals surface area (Å²) in [7, 11) is 0. The molecule has 0 bridgehead atoms. The summed E-state index contributed by atoms with van der Waals surface area (Å²) in [6.45, 7) is 0.294. The van der Waals surface area contributed by atoms with Crippen LogP contribution in [0.25, 0.3) is 0 Å². The number of nitrogens with one attached hydrogen (secondary N) is 2. The number of halogens is 1. The van der Waals surface area contributed by atoms with Gasteiger partial charge in [-0.3, -0.25) is 9.78 Å². The zero-order chi connectivity index (χ0) is 18.4. The minimum Gasteiger partial charge on any atom is -0.381 e. The van der Waals surface area contributed by atoms with Crippen LogP contribution in [0.3, 0.4) is 0 Å². The number of hydrogen-bond acceptors (Lipinski definition) is 4. The maximum atomic E-state index is 13.7. The van der Waals surface area contributed by atoms with Crippen LogP contribution in [0.4, 0.5) is 15.8 Å². The Kier molecular flexibility index (Phi) is 5.20. The molecule has 0 unspecified atom stereocenters. The fourth-order valence-corrected chi connectivity index (χ4v) is 2.37. The van der Waals surface area contributed by atoms with Gasteiger partial charge in [-0.05, 0) is 36.4 Å². The SMILES string of the molecule is N#Cc1cccc(NC(=O)c2cc(NCc3ccccc3F)ccn2)c1. The third-order valence-corrected chi connectivity index (χ3v) is 3.68. The second-order valence-corrected chi connectivity index (χ2v) is 5.52. The first-order valence-corrected chi connectivity index (χ1v) is 7.90. The largest absolute Gasteiger partial charge is 0.381 e. The lowest BCUT2D eigenvalue weighted by atomic mass is 10.2. The molecular weight excluding hydrogens is 331 g/mol. The molecule has 0 saturated carbocycles. The molecule has 26 heavy (non-hydrogen) atoms. The summed E-state index contributed by atoms with van der Waals surface area (Å²) in [6, 6.07) is 18.4. The summed E-state index contributed by atoms with van der Waals surface area (Å²) >= 11 is 0. The lowest BCUT2D eigenvalue weighted by Gasteiger charge is -2.09. The van der Waals surface area contributed by atoms with Gasteiger partial charge in [0.2, 0.25) is 0 Å². The lowest BCUT2D eigenvalue weighted by Crippen LogP contribution is -2.14. The van der Waals surface area contributed by atoms with Crippen LogP contribution in [0.15, 0.2) is 66.9 Å². The average molecular weight is 346 g/mol. The van der Waals surface area contributed by atoms with E-state index in [4.69, 9.17) is 5.26 Å². The standard InChI is InChI=1S/C20H15FN4O/c21-18-7-2-1-5-15(18)13-24-16-8-9-23-19(11-16)20(26)25-17-6-3-4-14(10-17)12-22/h1-11H,13H2,(H,23,24)(H,25,26). The second kappa shape index (κ2) is 7.90. The number of nitriles is 1. The van der Waals surface area contributed by atoms with Gasteiger partial charge in [0.1, 0.15) is 11.5 Å². The van der Waals surface area contributed by atoms with Crippen molar-refractivity contribution >= 4 is 17.3 Å². The van der Waals surface area contributed by atoms with Crippen molar-refractivity contribution in [3.63, 3.8) is 0 Å². The third-order valence-electron chi connectivity index (χ3n) is 3.68. The summed E-state index contributed by atoms with van der Waals surface area (Å²) in [5, 5.41) is 14.7. The molecule has 0 radical (unpaired) electrons. The Balaban J connectivity index is 1.69. The molecule has 2 aromatic carbocycles. The van der Waals surface area contributed by atoms with E-state index >= 15 is 0 Å². The average Bonchev–Trinajstić information content (AvgIpc) is 2.68. The van der Waals surface area contributed by atoms with Crippen LogP contribution in [0.2, 0.25) is 0 Å². The summed E-state index contributed by atoms with van der Waals surface area (Å²) in [6.07, 6.45) is 1.50. The van der Waals surface area contributed by atoms with Crippen molar-refractivity contribution in [3.05, 3.63) is 89.5 Å². The summed E-state index contributed by atoms with van der Waals surface area (Å²) in [5.41, 5.74) is 2.37. The van der Waals surface area contributed by atoms with Gasteiger partial charge in [-0.15, -0.1) is 0 Å². The molecule has 0 aliphatic rings. The number of nitrogens with zero attached hydrogens (tertiary/aromatic N) is 2. The maximum absolute atomic E-state index is 13.7. The Bertz CT molecular complexity index is 981. The Morgan fingerprint density at radius 2 is 1.92 bits per heavy atom. The first-order chi connectivity index (χ1) is 12.7. The van der Waals surface area contributed by atoms with Gasteiger partial charge in [0.25, 0.3) is 5.91 Å². The Morgan fingerprint density at radius 3 is 2.73 bits per heavy atom. The Morgan fingerprint density at radius 1 is 1.08 bits per heavy atom. The topological polar surface area (TPSA) is 77.8 Å². The van der Waals surface area contributed by atoms with Gasteiger partial charge in [-0.2, -0.15) is 5.26 Å². The van der Waals surface area contributed by atoms with Crippen LogP contribution >= 0.6 is 0 Å². The highest BCUT2D eigenvalue weighted by Crippen LogP contribution is 2.15. The molecule has 0 aliphatic carbocycles. The minimum atomic E-state index is -0.394. The van der Waals surface area contributed by atoms with Gasteiger partial charge in [-0.1, -0.05) is 24.3 Å². The molecule has 0 fully saturated rings. The molecule has 3 aromatic rings. The van der Waals surface area contributed by atoms with Crippen LogP contribution in [0.5, 0.6) is 0 Å². The van der Waals surface area contributed by atoms with E-state index in [0.717, 1.165) is 0 Å². The van der Waals surface area contributed by atoms with Crippen LogP contribution in [0.1, 0.15) is 21.6 Å². The highest BCUT2D eigenvalue weighted by atomic mass is 19.1. The van der Waals surface area contributed by atoms with Crippen LogP contribution in [-0.4, -0.2) is 10.9 Å². The van der Waals surface area contributed by atoms with Gasteiger partial charge < -0.3 is 10.6 Å². The van der Waals surface area contributed by atoms with Crippen molar-refractivity contribution in [3.8, 4) is 6.07 Å². The Labute approximate surface area is 150 Å². The van der Waals surface area contributed by atoms with Crippen LogP contribution < -0.4 is 10.6 Å². The second-order valence-electron chi connectivity index (χ2n) is 5.52. The predicted octanol–water partition coefficient (Wildman–Crippen LogP) is 3.96. The normalized spacial score (nSPS) is 10.0. The zero-order valence-corrected chi connectivity index (χ0v) is 13.7. The molecule has 5 nitrogen and oxygen atoms in total. The minimum absolute atomic E-state index is 0.214. The first-order valence-electron chi connectivity index (χ1n) is 7.90. The van der Waals surface area contributed by atoms with Crippen LogP contribution in [0, 0.1) is 17.1 Å². The van der Waals surface area contributed by atoms with Gasteiger partial charge in [-0.25, -0.2) is 4.39 Å². The van der Waals surface area contributed by atoms with Crippen molar-refractivity contribution < 1.29 is 9.18 Å². The number of rotatable bonds is 5. The third kappa shape index (κ3) is 4.22. The monoisotopic (exact) mass is 346 g/mol. The number of amides is 1. The van der Waals surface area contributed by atoms with Crippen molar-refractivity contribution in [1.82, 2.24) is 4.98 Å². The molecule has 1 heterocycles. The lowest BCUT2D eigenvalue weighted by molar-refractivity contribution is 0.102. The van der Waals surface area contributed by atoms with E-state index in [1.807, 2.05) is 6.07 Å². The quantitative estimate of drug-likeness (QED) is 0.733. The molecule has 0 saturated heterocycles. The number of benzene rings is 2. The number of aromatic nitrogens is 1. The van der Waals surface area contributed by atoms with Crippen molar-refractivity contribution in [1.29, 1.82) is 5.26 Å².